The molecule has 1 aromatic carbocycles. The highest BCUT2D eigenvalue weighted by Crippen LogP contribution is 2.21. The first-order valence-corrected chi connectivity index (χ1v) is 7.61. The third kappa shape index (κ3) is 4.57. The van der Waals surface area contributed by atoms with Gasteiger partial charge in [-0.15, -0.1) is 0 Å². The van der Waals surface area contributed by atoms with E-state index < -0.39 is 0 Å². The summed E-state index contributed by atoms with van der Waals surface area (Å²) in [6, 6.07) is 15.0. The number of benzene rings is 1. The topological polar surface area (TPSA) is 34.2 Å². The standard InChI is InChI=1S/C18H24N2O/c1-3-4-12-17(15-9-6-5-7-10-15)20-14-16-11-8-13-19-18(16)21-2/h5-11,13,17,20H,3-4,12,14H2,1-2H3. The van der Waals surface area contributed by atoms with Gasteiger partial charge in [-0.05, 0) is 18.1 Å². The molecule has 21 heavy (non-hydrogen) atoms. The lowest BCUT2D eigenvalue weighted by Crippen LogP contribution is -2.21. The minimum atomic E-state index is 0.371. The van der Waals surface area contributed by atoms with Crippen LogP contribution < -0.4 is 10.1 Å². The molecule has 1 atom stereocenters. The Labute approximate surface area is 127 Å². The van der Waals surface area contributed by atoms with Crippen molar-refractivity contribution < 1.29 is 4.74 Å². The van der Waals surface area contributed by atoms with Crippen molar-refractivity contribution in [2.75, 3.05) is 7.11 Å². The van der Waals surface area contributed by atoms with Crippen LogP contribution in [-0.4, -0.2) is 12.1 Å². The van der Waals surface area contributed by atoms with E-state index in [1.54, 1.807) is 13.3 Å². The summed E-state index contributed by atoms with van der Waals surface area (Å²) in [5, 5.41) is 3.64. The molecule has 0 aliphatic carbocycles. The lowest BCUT2D eigenvalue weighted by atomic mass is 10.0. The van der Waals surface area contributed by atoms with E-state index >= 15 is 0 Å². The number of pyridine rings is 1. The number of nitrogens with zero attached hydrogens (tertiary/aromatic N) is 1. The Bertz CT molecular complexity index is 528. The zero-order valence-corrected chi connectivity index (χ0v) is 12.9. The Morgan fingerprint density at radius 1 is 1.14 bits per heavy atom. The average Bonchev–Trinajstić information content (AvgIpc) is 2.56. The van der Waals surface area contributed by atoms with E-state index in [2.05, 4.69) is 53.6 Å². The largest absolute Gasteiger partial charge is 0.481 e. The van der Waals surface area contributed by atoms with Gasteiger partial charge in [0, 0.05) is 24.3 Å². The molecule has 0 saturated heterocycles. The van der Waals surface area contributed by atoms with Gasteiger partial charge in [-0.3, -0.25) is 0 Å². The van der Waals surface area contributed by atoms with Crippen molar-refractivity contribution in [1.82, 2.24) is 10.3 Å². The van der Waals surface area contributed by atoms with Crippen LogP contribution in [0.3, 0.4) is 0 Å². The van der Waals surface area contributed by atoms with Crippen LogP contribution in [0.2, 0.25) is 0 Å². The van der Waals surface area contributed by atoms with E-state index in [-0.39, 0.29) is 0 Å². The predicted octanol–water partition coefficient (Wildman–Crippen LogP) is 4.11. The van der Waals surface area contributed by atoms with E-state index in [1.165, 1.54) is 18.4 Å². The molecule has 0 spiro atoms. The molecule has 0 amide bonds. The molecule has 3 heteroatoms. The number of aromatic nitrogens is 1. The van der Waals surface area contributed by atoms with Gasteiger partial charge in [-0.2, -0.15) is 0 Å². The molecule has 3 nitrogen and oxygen atoms in total. The molecule has 0 fully saturated rings. The van der Waals surface area contributed by atoms with Crippen LogP contribution in [0.25, 0.3) is 0 Å². The van der Waals surface area contributed by atoms with Crippen LogP contribution in [0.5, 0.6) is 5.88 Å². The monoisotopic (exact) mass is 284 g/mol. The molecule has 0 aliphatic rings. The molecule has 1 N–H and O–H groups in total. The first-order valence-electron chi connectivity index (χ1n) is 7.61. The number of hydrogen-bond donors (Lipinski definition) is 1. The lowest BCUT2D eigenvalue weighted by Gasteiger charge is -2.19. The maximum atomic E-state index is 5.31. The molecule has 2 aromatic rings. The summed E-state index contributed by atoms with van der Waals surface area (Å²) in [6.07, 6.45) is 5.33. The van der Waals surface area contributed by atoms with Gasteiger partial charge in [0.15, 0.2) is 0 Å². The molecule has 2 rings (SSSR count). The van der Waals surface area contributed by atoms with Crippen molar-refractivity contribution >= 4 is 0 Å². The third-order valence-corrected chi connectivity index (χ3v) is 3.63. The Hall–Kier alpha value is -1.87. The Balaban J connectivity index is 2.05. The smallest absolute Gasteiger partial charge is 0.217 e. The summed E-state index contributed by atoms with van der Waals surface area (Å²) in [5.74, 6) is 0.701. The van der Waals surface area contributed by atoms with E-state index in [4.69, 9.17) is 4.74 Å². The Morgan fingerprint density at radius 2 is 1.95 bits per heavy atom. The molecule has 0 saturated carbocycles. The minimum Gasteiger partial charge on any atom is -0.481 e. The maximum Gasteiger partial charge on any atom is 0.217 e. The highest BCUT2D eigenvalue weighted by atomic mass is 16.5. The van der Waals surface area contributed by atoms with Crippen molar-refractivity contribution in [1.29, 1.82) is 0 Å². The van der Waals surface area contributed by atoms with Crippen LogP contribution >= 0.6 is 0 Å². The number of nitrogens with one attached hydrogen (secondary N) is 1. The van der Waals surface area contributed by atoms with Crippen LogP contribution in [0.4, 0.5) is 0 Å². The molecule has 1 unspecified atom stereocenters. The zero-order valence-electron chi connectivity index (χ0n) is 12.9. The fourth-order valence-electron chi connectivity index (χ4n) is 2.46. The van der Waals surface area contributed by atoms with Crippen LogP contribution in [0, 0.1) is 0 Å². The van der Waals surface area contributed by atoms with Gasteiger partial charge in [0.2, 0.25) is 5.88 Å². The molecule has 0 radical (unpaired) electrons. The first-order chi connectivity index (χ1) is 10.3. The van der Waals surface area contributed by atoms with E-state index in [1.807, 2.05) is 6.07 Å². The Kier molecular flexibility index (Phi) is 6.22. The van der Waals surface area contributed by atoms with Crippen molar-refractivity contribution in [3.63, 3.8) is 0 Å². The maximum absolute atomic E-state index is 5.31. The second-order valence-electron chi connectivity index (χ2n) is 5.16. The minimum absolute atomic E-state index is 0.371. The van der Waals surface area contributed by atoms with E-state index in [0.717, 1.165) is 18.5 Å². The molecule has 1 heterocycles. The van der Waals surface area contributed by atoms with Crippen LogP contribution in [0.1, 0.15) is 43.4 Å². The second-order valence-corrected chi connectivity index (χ2v) is 5.16. The Morgan fingerprint density at radius 3 is 2.67 bits per heavy atom. The lowest BCUT2D eigenvalue weighted by molar-refractivity contribution is 0.387. The van der Waals surface area contributed by atoms with Crippen LogP contribution in [0.15, 0.2) is 48.7 Å². The van der Waals surface area contributed by atoms with Crippen molar-refractivity contribution in [2.45, 2.75) is 38.8 Å². The van der Waals surface area contributed by atoms with Gasteiger partial charge < -0.3 is 10.1 Å². The van der Waals surface area contributed by atoms with Gasteiger partial charge in [0.25, 0.3) is 0 Å². The van der Waals surface area contributed by atoms with E-state index in [0.29, 0.717) is 11.9 Å². The van der Waals surface area contributed by atoms with Gasteiger partial charge in [-0.25, -0.2) is 4.98 Å². The number of methoxy groups -OCH3 is 1. The molecular formula is C18H24N2O. The average molecular weight is 284 g/mol. The highest BCUT2D eigenvalue weighted by Gasteiger charge is 2.11. The normalized spacial score (nSPS) is 12.1. The molecule has 112 valence electrons. The summed E-state index contributed by atoms with van der Waals surface area (Å²) < 4.78 is 5.31. The fraction of sp³-hybridized carbons (Fsp3) is 0.389. The third-order valence-electron chi connectivity index (χ3n) is 3.63. The SMILES string of the molecule is CCCCC(NCc1cccnc1OC)c1ccccc1. The summed E-state index contributed by atoms with van der Waals surface area (Å²) >= 11 is 0. The van der Waals surface area contributed by atoms with Crippen molar-refractivity contribution in [3.8, 4) is 5.88 Å². The number of rotatable bonds is 8. The van der Waals surface area contributed by atoms with Crippen molar-refractivity contribution in [2.24, 2.45) is 0 Å². The van der Waals surface area contributed by atoms with Crippen molar-refractivity contribution in [3.05, 3.63) is 59.8 Å². The quantitative estimate of drug-likeness (QED) is 0.792. The summed E-state index contributed by atoms with van der Waals surface area (Å²) in [4.78, 5) is 4.25. The van der Waals surface area contributed by atoms with Gasteiger partial charge in [0.1, 0.15) is 0 Å². The van der Waals surface area contributed by atoms with Gasteiger partial charge in [0.05, 0.1) is 7.11 Å². The van der Waals surface area contributed by atoms with Crippen LogP contribution in [-0.2, 0) is 6.54 Å². The second kappa shape index (κ2) is 8.42. The van der Waals surface area contributed by atoms with E-state index in [9.17, 15) is 0 Å². The summed E-state index contributed by atoms with van der Waals surface area (Å²) in [6.45, 7) is 2.99. The van der Waals surface area contributed by atoms with Gasteiger partial charge >= 0.3 is 0 Å². The number of ether oxygens (including phenoxy) is 1. The fourth-order valence-corrected chi connectivity index (χ4v) is 2.46. The molecule has 1 aromatic heterocycles. The number of unbranched alkanes of at least 4 members (excludes halogenated alkanes) is 1. The molecule has 0 bridgehead atoms. The zero-order chi connectivity index (χ0) is 14.9. The molecular weight excluding hydrogens is 260 g/mol. The highest BCUT2D eigenvalue weighted by molar-refractivity contribution is 5.26. The van der Waals surface area contributed by atoms with Gasteiger partial charge in [-0.1, -0.05) is 56.2 Å². The summed E-state index contributed by atoms with van der Waals surface area (Å²) in [7, 11) is 1.66. The predicted molar refractivity (Wildman–Crippen MR) is 86.3 cm³/mol. The summed E-state index contributed by atoms with van der Waals surface area (Å²) in [5.41, 5.74) is 2.44. The first kappa shape index (κ1) is 15.5. The number of hydrogen-bond acceptors (Lipinski definition) is 3. The molecule has 0 aliphatic heterocycles.